The Morgan fingerprint density at radius 3 is 2.16 bits per heavy atom. The number of esters is 1. The molecule has 0 saturated carbocycles. The van der Waals surface area contributed by atoms with Gasteiger partial charge in [-0.05, 0) is 48.3 Å². The molecule has 1 aromatic heterocycles. The summed E-state index contributed by atoms with van der Waals surface area (Å²) in [5.74, 6) is -4.23. The molecule has 0 radical (unpaired) electrons. The van der Waals surface area contributed by atoms with E-state index >= 15 is 0 Å². The van der Waals surface area contributed by atoms with Gasteiger partial charge < -0.3 is 45.5 Å². The monoisotopic (exact) mass is 855 g/mol. The topological polar surface area (TPSA) is 219 Å². The molecule has 0 saturated heterocycles. The number of benzene rings is 3. The molecule has 0 bridgehead atoms. The zero-order valence-electron chi connectivity index (χ0n) is 34.0. The Morgan fingerprint density at radius 2 is 1.53 bits per heavy atom. The van der Waals surface area contributed by atoms with Crippen molar-refractivity contribution in [2.24, 2.45) is 0 Å². The summed E-state index contributed by atoms with van der Waals surface area (Å²) in [5, 5.41) is 48.5. The first kappa shape index (κ1) is 45.5. The molecular weight excluding hydrogens is 807 g/mol. The Labute approximate surface area is 349 Å². The fourth-order valence-electron chi connectivity index (χ4n) is 5.33. The average molecular weight is 856 g/mol. The molecule has 6 N–H and O–H groups in total. The number of hydrogen-bond acceptors (Lipinski definition) is 15. The lowest BCUT2D eigenvalue weighted by Gasteiger charge is -2.30. The fraction of sp³-hybridized carbons (Fsp3) is 0.400. The molecule has 1 unspecified atom stereocenters. The van der Waals surface area contributed by atoms with Gasteiger partial charge in [0.15, 0.2) is 32.5 Å². The van der Waals surface area contributed by atoms with Gasteiger partial charge in [-0.25, -0.2) is 0 Å². The molecular formula is C40H49N5O10S3. The first-order valence-electron chi connectivity index (χ1n) is 18.2. The quantitative estimate of drug-likeness (QED) is 0.0337. The van der Waals surface area contributed by atoms with Crippen LogP contribution in [-0.4, -0.2) is 75.2 Å². The van der Waals surface area contributed by atoms with Crippen LogP contribution in [0.4, 0.5) is 11.4 Å². The minimum atomic E-state index is -0.774. The number of amides is 3. The van der Waals surface area contributed by atoms with E-state index in [0.29, 0.717) is 10.1 Å². The number of nitrogens with one attached hydrogen (secondary N) is 3. The second kappa shape index (κ2) is 19.0. The minimum Gasteiger partial charge on any atom is -0.506 e. The Balaban J connectivity index is 1.68. The third-order valence-corrected chi connectivity index (χ3v) is 12.8. The summed E-state index contributed by atoms with van der Waals surface area (Å²) in [6.07, 6.45) is 1.74. The average Bonchev–Trinajstić information content (AvgIpc) is 3.63. The normalized spacial score (nSPS) is 12.0. The smallest absolute Gasteiger partial charge is 0.318 e. The van der Waals surface area contributed by atoms with Crippen molar-refractivity contribution in [1.82, 2.24) is 15.5 Å². The van der Waals surface area contributed by atoms with E-state index in [2.05, 4.69) is 73.8 Å². The highest BCUT2D eigenvalue weighted by Crippen LogP contribution is 2.50. The van der Waals surface area contributed by atoms with E-state index in [4.69, 9.17) is 14.2 Å². The van der Waals surface area contributed by atoms with Crippen molar-refractivity contribution < 1.29 is 48.7 Å². The molecule has 0 aliphatic heterocycles. The van der Waals surface area contributed by atoms with E-state index in [9.17, 15) is 34.5 Å². The van der Waals surface area contributed by atoms with Crippen molar-refractivity contribution in [3.05, 3.63) is 53.1 Å². The van der Waals surface area contributed by atoms with Crippen LogP contribution in [0.25, 0.3) is 0 Å². The Hall–Kier alpha value is -5.20. The van der Waals surface area contributed by atoms with Gasteiger partial charge in [0.05, 0.1) is 28.9 Å². The number of nitrogens with zero attached hydrogens (tertiary/aromatic N) is 2. The van der Waals surface area contributed by atoms with Crippen LogP contribution in [0, 0.1) is 0 Å². The van der Waals surface area contributed by atoms with Crippen molar-refractivity contribution in [2.45, 2.75) is 97.9 Å². The lowest BCUT2D eigenvalue weighted by molar-refractivity contribution is -0.139. The number of carbonyl (C=O) groups excluding carboxylic acids is 4. The van der Waals surface area contributed by atoms with Crippen molar-refractivity contribution in [3.8, 4) is 34.5 Å². The molecule has 15 nitrogen and oxygen atoms in total. The molecule has 4 rings (SSSR count). The number of thioether (sulfide) groups is 1. The summed E-state index contributed by atoms with van der Waals surface area (Å²) in [7, 11) is 2.65. The molecule has 1 atom stereocenters. The second-order valence-corrected chi connectivity index (χ2v) is 18.2. The first-order chi connectivity index (χ1) is 27.2. The number of rotatable bonds is 17. The van der Waals surface area contributed by atoms with E-state index in [-0.39, 0.29) is 42.8 Å². The largest absolute Gasteiger partial charge is 0.506 e. The zero-order chi connectivity index (χ0) is 43.1. The molecule has 4 aromatic rings. The maximum atomic E-state index is 13.5. The maximum Gasteiger partial charge on any atom is 0.318 e. The van der Waals surface area contributed by atoms with Crippen LogP contribution >= 0.6 is 34.9 Å². The predicted molar refractivity (Wildman–Crippen MR) is 224 cm³/mol. The number of carbonyl (C=O) groups is 4. The molecule has 3 amide bonds. The summed E-state index contributed by atoms with van der Waals surface area (Å²) in [6.45, 7) is 15.2. The zero-order valence-corrected chi connectivity index (χ0v) is 36.4. The highest BCUT2D eigenvalue weighted by molar-refractivity contribution is 8.04. The van der Waals surface area contributed by atoms with Crippen molar-refractivity contribution >= 4 is 69.9 Å². The summed E-state index contributed by atoms with van der Waals surface area (Å²) < 4.78 is 17.6. The van der Waals surface area contributed by atoms with Crippen LogP contribution in [0.2, 0.25) is 0 Å². The standard InChI is InChI=1S/C40H49N5O10S3/c1-11-39(5,6)22-13-14-28(24(15-22)40(7,8)12-2)54-19-31(48)43-26-17-27(47)25(42-21(4)46)18-29(26)55-30-16-23(35(51)41-9)34(33(50)32(30)49)57-38-45-44-37(58-38)56-20(3)36(52)53-10/h13-18,20,47,49-50H,11-12,19H2,1-10H3,(H,41,51)(H,42,46)(H,43,48). The summed E-state index contributed by atoms with van der Waals surface area (Å²) in [4.78, 5) is 50.4. The molecule has 0 fully saturated rings. The Bertz CT molecular complexity index is 2190. The summed E-state index contributed by atoms with van der Waals surface area (Å²) in [5.41, 5.74) is 1.46. The fourth-order valence-corrected chi connectivity index (χ4v) is 8.61. The van der Waals surface area contributed by atoms with E-state index in [1.54, 1.807) is 6.92 Å². The van der Waals surface area contributed by atoms with Crippen molar-refractivity contribution in [1.29, 1.82) is 0 Å². The van der Waals surface area contributed by atoms with Crippen LogP contribution in [-0.2, 0) is 30.0 Å². The maximum absolute atomic E-state index is 13.5. The number of ether oxygens (including phenoxy) is 3. The van der Waals surface area contributed by atoms with Gasteiger partial charge in [0.1, 0.15) is 16.7 Å². The van der Waals surface area contributed by atoms with Gasteiger partial charge in [-0.3, -0.25) is 19.2 Å². The van der Waals surface area contributed by atoms with Crippen molar-refractivity contribution in [3.63, 3.8) is 0 Å². The molecule has 58 heavy (non-hydrogen) atoms. The molecule has 0 aliphatic rings. The van der Waals surface area contributed by atoms with Gasteiger partial charge in [0.2, 0.25) is 11.7 Å². The number of phenolic OH excluding ortho intramolecular Hbond substituents is 3. The lowest BCUT2D eigenvalue weighted by Crippen LogP contribution is -2.24. The van der Waals surface area contributed by atoms with E-state index in [1.165, 1.54) is 33.2 Å². The molecule has 1 heterocycles. The lowest BCUT2D eigenvalue weighted by atomic mass is 9.76. The number of aromatic nitrogens is 2. The molecule has 0 aliphatic carbocycles. The van der Waals surface area contributed by atoms with Gasteiger partial charge in [-0.2, -0.15) is 0 Å². The second-order valence-electron chi connectivity index (χ2n) is 14.4. The first-order valence-corrected chi connectivity index (χ1v) is 20.7. The molecule has 312 valence electrons. The SMILES string of the molecule is CCC(C)(C)c1ccc(OCC(=O)Nc2cc(O)c(NC(C)=O)cc2Oc2cc(C(=O)NC)c(Sc3nnc(SC(C)C(=O)OC)s3)c(O)c2O)c(C(C)(C)CC)c1. The highest BCUT2D eigenvalue weighted by Gasteiger charge is 2.29. The van der Waals surface area contributed by atoms with Crippen LogP contribution < -0.4 is 25.4 Å². The van der Waals surface area contributed by atoms with Crippen LogP contribution in [0.15, 0.2) is 50.0 Å². The molecule has 3 aromatic carbocycles. The van der Waals surface area contributed by atoms with Gasteiger partial charge in [0.25, 0.3) is 11.8 Å². The minimum absolute atomic E-state index is 0.0730. The van der Waals surface area contributed by atoms with E-state index in [1.807, 2.05) is 12.1 Å². The molecule has 18 heteroatoms. The van der Waals surface area contributed by atoms with Gasteiger partial charge in [-0.15, -0.1) is 10.2 Å². The van der Waals surface area contributed by atoms with E-state index in [0.717, 1.165) is 64.9 Å². The van der Waals surface area contributed by atoms with Crippen LogP contribution in [0.5, 0.6) is 34.5 Å². The molecule has 0 spiro atoms. The highest BCUT2D eigenvalue weighted by atomic mass is 32.2. The Morgan fingerprint density at radius 1 is 0.862 bits per heavy atom. The third kappa shape index (κ3) is 10.8. The van der Waals surface area contributed by atoms with E-state index < -0.39 is 58.5 Å². The van der Waals surface area contributed by atoms with Crippen molar-refractivity contribution in [2.75, 3.05) is 31.4 Å². The van der Waals surface area contributed by atoms with Gasteiger partial charge >= 0.3 is 5.97 Å². The Kier molecular flexibility index (Phi) is 14.9. The number of phenols is 3. The van der Waals surface area contributed by atoms with Crippen LogP contribution in [0.3, 0.4) is 0 Å². The summed E-state index contributed by atoms with van der Waals surface area (Å²) in [6, 6.07) is 9.50. The summed E-state index contributed by atoms with van der Waals surface area (Å²) >= 11 is 3.05. The number of anilines is 2. The van der Waals surface area contributed by atoms with Crippen LogP contribution in [0.1, 0.15) is 89.7 Å². The third-order valence-electron chi connectivity index (χ3n) is 9.57. The predicted octanol–water partition coefficient (Wildman–Crippen LogP) is 7.96. The number of aromatic hydroxyl groups is 3. The number of hydrogen-bond donors (Lipinski definition) is 6. The van der Waals surface area contributed by atoms with Gasteiger partial charge in [-0.1, -0.05) is 88.5 Å². The van der Waals surface area contributed by atoms with Gasteiger partial charge in [0, 0.05) is 31.7 Å². The number of methoxy groups -OCH3 is 1.